The van der Waals surface area contributed by atoms with E-state index in [2.05, 4.69) is 41.3 Å². The zero-order valence-corrected chi connectivity index (χ0v) is 14.5. The van der Waals surface area contributed by atoms with Gasteiger partial charge in [0, 0.05) is 26.7 Å². The second-order valence-corrected chi connectivity index (χ2v) is 3.71. The minimum absolute atomic E-state index is 0. The molecule has 0 rings (SSSR count). The molecule has 0 heterocycles. The van der Waals surface area contributed by atoms with Gasteiger partial charge in [0.2, 0.25) is 0 Å². The summed E-state index contributed by atoms with van der Waals surface area (Å²) in [6.45, 7) is 12.8. The van der Waals surface area contributed by atoms with Crippen molar-refractivity contribution in [2.45, 2.75) is 20.8 Å². The Kier molecular flexibility index (Phi) is 16.8. The lowest BCUT2D eigenvalue weighted by molar-refractivity contribution is 0.203. The number of hydrogen-bond acceptors (Lipinski definition) is 3. The maximum atomic E-state index is 4.99. The fraction of sp³-hybridized carbons (Fsp3) is 0.917. The Morgan fingerprint density at radius 2 is 1.83 bits per heavy atom. The number of nitrogens with zero attached hydrogens (tertiary/aromatic N) is 2. The molecule has 0 aliphatic rings. The van der Waals surface area contributed by atoms with E-state index in [-0.39, 0.29) is 24.0 Å². The average molecular weight is 372 g/mol. The van der Waals surface area contributed by atoms with E-state index in [1.54, 1.807) is 7.11 Å². The van der Waals surface area contributed by atoms with E-state index in [0.717, 1.165) is 45.2 Å². The summed E-state index contributed by atoms with van der Waals surface area (Å²) in [6, 6.07) is 0. The highest BCUT2D eigenvalue weighted by Gasteiger charge is 1.99. The van der Waals surface area contributed by atoms with Gasteiger partial charge in [-0.05, 0) is 20.0 Å². The third-order valence-electron chi connectivity index (χ3n) is 2.52. The van der Waals surface area contributed by atoms with Crippen LogP contribution in [0.3, 0.4) is 0 Å². The largest absolute Gasteiger partial charge is 0.383 e. The van der Waals surface area contributed by atoms with Gasteiger partial charge in [0.15, 0.2) is 5.96 Å². The first-order valence-corrected chi connectivity index (χ1v) is 6.51. The number of ether oxygens (including phenoxy) is 1. The van der Waals surface area contributed by atoms with Crippen molar-refractivity contribution < 1.29 is 4.74 Å². The molecule has 5 nitrogen and oxygen atoms in total. The van der Waals surface area contributed by atoms with Crippen LogP contribution >= 0.6 is 24.0 Å². The zero-order valence-electron chi connectivity index (χ0n) is 12.2. The number of aliphatic imine (C=N–C) groups is 1. The van der Waals surface area contributed by atoms with E-state index in [1.165, 1.54) is 0 Å². The average Bonchev–Trinajstić information content (AvgIpc) is 2.35. The van der Waals surface area contributed by atoms with Crippen molar-refractivity contribution in [1.82, 2.24) is 15.5 Å². The standard InChI is InChI=1S/C12H28N4O.HI/c1-5-13-12(15-9-11-17-4)14-8-10-16(6-2)7-3;/h5-11H2,1-4H3,(H2,13,14,15);1H. The van der Waals surface area contributed by atoms with Gasteiger partial charge in [0.25, 0.3) is 0 Å². The van der Waals surface area contributed by atoms with Crippen LogP contribution in [-0.2, 0) is 4.74 Å². The highest BCUT2D eigenvalue weighted by atomic mass is 127. The third-order valence-corrected chi connectivity index (χ3v) is 2.52. The minimum Gasteiger partial charge on any atom is -0.383 e. The lowest BCUT2D eigenvalue weighted by atomic mass is 10.5. The van der Waals surface area contributed by atoms with Crippen LogP contribution in [0.1, 0.15) is 20.8 Å². The maximum absolute atomic E-state index is 4.99. The quantitative estimate of drug-likeness (QED) is 0.276. The maximum Gasteiger partial charge on any atom is 0.191 e. The van der Waals surface area contributed by atoms with E-state index in [0.29, 0.717) is 6.61 Å². The molecule has 0 aliphatic carbocycles. The molecule has 0 aliphatic heterocycles. The Balaban J connectivity index is 0. The Morgan fingerprint density at radius 1 is 1.17 bits per heavy atom. The number of methoxy groups -OCH3 is 1. The van der Waals surface area contributed by atoms with E-state index in [4.69, 9.17) is 4.74 Å². The van der Waals surface area contributed by atoms with Gasteiger partial charge in [-0.15, -0.1) is 24.0 Å². The summed E-state index contributed by atoms with van der Waals surface area (Å²) in [5.74, 6) is 0.872. The van der Waals surface area contributed by atoms with Gasteiger partial charge in [-0.25, -0.2) is 0 Å². The number of guanidine groups is 1. The van der Waals surface area contributed by atoms with Crippen molar-refractivity contribution in [3.8, 4) is 0 Å². The van der Waals surface area contributed by atoms with Crippen LogP contribution < -0.4 is 10.6 Å². The molecule has 2 N–H and O–H groups in total. The van der Waals surface area contributed by atoms with Gasteiger partial charge in [-0.2, -0.15) is 0 Å². The molecule has 6 heteroatoms. The third kappa shape index (κ3) is 11.0. The lowest BCUT2D eigenvalue weighted by Crippen LogP contribution is -2.39. The van der Waals surface area contributed by atoms with Crippen molar-refractivity contribution in [3.63, 3.8) is 0 Å². The summed E-state index contributed by atoms with van der Waals surface area (Å²) in [5.41, 5.74) is 0. The fourth-order valence-corrected chi connectivity index (χ4v) is 1.46. The first kappa shape index (κ1) is 20.2. The fourth-order valence-electron chi connectivity index (χ4n) is 1.46. The highest BCUT2D eigenvalue weighted by Crippen LogP contribution is 1.86. The van der Waals surface area contributed by atoms with Crippen LogP contribution in [0.2, 0.25) is 0 Å². The minimum atomic E-state index is 0. The Bertz CT molecular complexity index is 199. The van der Waals surface area contributed by atoms with Crippen molar-refractivity contribution in [1.29, 1.82) is 0 Å². The molecule has 0 radical (unpaired) electrons. The van der Waals surface area contributed by atoms with Crippen LogP contribution in [0.4, 0.5) is 0 Å². The summed E-state index contributed by atoms with van der Waals surface area (Å²) >= 11 is 0. The number of rotatable bonds is 9. The predicted octanol–water partition coefficient (Wildman–Crippen LogP) is 1.15. The molecule has 0 unspecified atom stereocenters. The summed E-state index contributed by atoms with van der Waals surface area (Å²) in [5, 5.41) is 6.44. The van der Waals surface area contributed by atoms with Crippen molar-refractivity contribution >= 4 is 29.9 Å². The Morgan fingerprint density at radius 3 is 2.33 bits per heavy atom. The normalized spacial score (nSPS) is 11.3. The van der Waals surface area contributed by atoms with Crippen LogP contribution in [0, 0.1) is 0 Å². The molecule has 0 fully saturated rings. The van der Waals surface area contributed by atoms with Gasteiger partial charge in [0.05, 0.1) is 13.2 Å². The first-order chi connectivity index (χ1) is 8.28. The van der Waals surface area contributed by atoms with Gasteiger partial charge in [-0.1, -0.05) is 13.8 Å². The van der Waals surface area contributed by atoms with Gasteiger partial charge < -0.3 is 20.3 Å². The summed E-state index contributed by atoms with van der Waals surface area (Å²) in [7, 11) is 1.70. The molecule has 0 aromatic carbocycles. The summed E-state index contributed by atoms with van der Waals surface area (Å²) < 4.78 is 4.99. The highest BCUT2D eigenvalue weighted by molar-refractivity contribution is 14.0. The monoisotopic (exact) mass is 372 g/mol. The Labute approximate surface area is 129 Å². The first-order valence-electron chi connectivity index (χ1n) is 6.51. The zero-order chi connectivity index (χ0) is 12.9. The molecule has 0 aromatic rings. The summed E-state index contributed by atoms with van der Waals surface area (Å²) in [4.78, 5) is 6.88. The van der Waals surface area contributed by atoms with E-state index in [9.17, 15) is 0 Å². The van der Waals surface area contributed by atoms with Crippen molar-refractivity contribution in [2.75, 3.05) is 53.0 Å². The molecule has 0 bridgehead atoms. The van der Waals surface area contributed by atoms with Crippen LogP contribution in [0.25, 0.3) is 0 Å². The Hall–Kier alpha value is -0.0800. The SMILES string of the molecule is CCNC(=NCCN(CC)CC)NCCOC.I. The molecule has 0 aromatic heterocycles. The van der Waals surface area contributed by atoms with Crippen LogP contribution in [0.15, 0.2) is 4.99 Å². The smallest absolute Gasteiger partial charge is 0.191 e. The number of hydrogen-bond donors (Lipinski definition) is 2. The number of halogens is 1. The molecular weight excluding hydrogens is 343 g/mol. The van der Waals surface area contributed by atoms with Crippen LogP contribution in [0.5, 0.6) is 0 Å². The van der Waals surface area contributed by atoms with Crippen molar-refractivity contribution in [2.24, 2.45) is 4.99 Å². The molecule has 0 saturated carbocycles. The molecular formula is C12H29IN4O. The van der Waals surface area contributed by atoms with E-state index < -0.39 is 0 Å². The summed E-state index contributed by atoms with van der Waals surface area (Å²) in [6.07, 6.45) is 0. The molecule has 0 atom stereocenters. The second kappa shape index (κ2) is 15.0. The molecule has 0 spiro atoms. The predicted molar refractivity (Wildman–Crippen MR) is 89.1 cm³/mol. The number of nitrogens with one attached hydrogen (secondary N) is 2. The van der Waals surface area contributed by atoms with Gasteiger partial charge >= 0.3 is 0 Å². The lowest BCUT2D eigenvalue weighted by Gasteiger charge is -2.17. The van der Waals surface area contributed by atoms with E-state index in [1.807, 2.05) is 0 Å². The number of likely N-dealkylation sites (N-methyl/N-ethyl adjacent to an activating group) is 1. The molecule has 110 valence electrons. The molecule has 0 amide bonds. The second-order valence-electron chi connectivity index (χ2n) is 3.71. The van der Waals surface area contributed by atoms with Gasteiger partial charge in [-0.3, -0.25) is 4.99 Å². The topological polar surface area (TPSA) is 48.9 Å². The van der Waals surface area contributed by atoms with Gasteiger partial charge in [0.1, 0.15) is 0 Å². The van der Waals surface area contributed by atoms with Crippen molar-refractivity contribution in [3.05, 3.63) is 0 Å². The molecule has 18 heavy (non-hydrogen) atoms. The van der Waals surface area contributed by atoms with Crippen LogP contribution in [-0.4, -0.2) is 63.8 Å². The van der Waals surface area contributed by atoms with E-state index >= 15 is 0 Å². The molecule has 0 saturated heterocycles.